The first-order chi connectivity index (χ1) is 11.0. The van der Waals surface area contributed by atoms with Crippen LogP contribution < -0.4 is 5.32 Å². The lowest BCUT2D eigenvalue weighted by Crippen LogP contribution is -2.30. The van der Waals surface area contributed by atoms with Crippen LogP contribution >= 0.6 is 15.9 Å². The minimum atomic E-state index is -0.0364. The number of carbonyl (C=O) groups is 1. The third kappa shape index (κ3) is 3.45. The zero-order chi connectivity index (χ0) is 16.4. The van der Waals surface area contributed by atoms with E-state index in [0.29, 0.717) is 0 Å². The van der Waals surface area contributed by atoms with Crippen molar-refractivity contribution in [2.45, 2.75) is 26.4 Å². The standard InChI is InChI=1S/C18H18BrN3O/c1-12(14-7-9-15(19)10-8-14)20-18(23)11-22-13(2)21-16-5-3-4-6-17(16)22/h3-10,12H,11H2,1-2H3,(H,20,23)/t12-/m1/s1. The Hall–Kier alpha value is -2.14. The van der Waals surface area contributed by atoms with Crippen molar-refractivity contribution in [3.8, 4) is 0 Å². The van der Waals surface area contributed by atoms with Crippen LogP contribution in [0.1, 0.15) is 24.4 Å². The minimum Gasteiger partial charge on any atom is -0.348 e. The number of hydrogen-bond donors (Lipinski definition) is 1. The molecule has 0 saturated carbocycles. The topological polar surface area (TPSA) is 46.9 Å². The van der Waals surface area contributed by atoms with E-state index in [1.807, 2.05) is 66.9 Å². The van der Waals surface area contributed by atoms with E-state index in [9.17, 15) is 4.79 Å². The van der Waals surface area contributed by atoms with E-state index in [2.05, 4.69) is 26.2 Å². The van der Waals surface area contributed by atoms with Gasteiger partial charge in [-0.25, -0.2) is 4.98 Å². The lowest BCUT2D eigenvalue weighted by Gasteiger charge is -2.15. The lowest BCUT2D eigenvalue weighted by atomic mass is 10.1. The molecule has 1 atom stereocenters. The molecule has 2 aromatic carbocycles. The summed E-state index contributed by atoms with van der Waals surface area (Å²) in [5.41, 5.74) is 2.98. The molecule has 1 aromatic heterocycles. The van der Waals surface area contributed by atoms with Gasteiger partial charge < -0.3 is 9.88 Å². The molecular weight excluding hydrogens is 354 g/mol. The molecule has 1 N–H and O–H groups in total. The number of imidazole rings is 1. The highest BCUT2D eigenvalue weighted by Crippen LogP contribution is 2.18. The number of halogens is 1. The van der Waals surface area contributed by atoms with E-state index in [4.69, 9.17) is 0 Å². The van der Waals surface area contributed by atoms with Crippen LogP contribution in [0.15, 0.2) is 53.0 Å². The maximum atomic E-state index is 12.4. The predicted molar refractivity (Wildman–Crippen MR) is 95.2 cm³/mol. The Balaban J connectivity index is 1.73. The smallest absolute Gasteiger partial charge is 0.240 e. The number of amides is 1. The zero-order valence-corrected chi connectivity index (χ0v) is 14.7. The molecule has 118 valence electrons. The van der Waals surface area contributed by atoms with Crippen molar-refractivity contribution in [1.82, 2.24) is 14.9 Å². The van der Waals surface area contributed by atoms with Crippen LogP contribution in [-0.4, -0.2) is 15.5 Å². The third-order valence-electron chi connectivity index (χ3n) is 3.89. The maximum absolute atomic E-state index is 12.4. The molecule has 4 nitrogen and oxygen atoms in total. The molecule has 5 heteroatoms. The number of rotatable bonds is 4. The fourth-order valence-electron chi connectivity index (χ4n) is 2.66. The van der Waals surface area contributed by atoms with Crippen LogP contribution in [0.2, 0.25) is 0 Å². The van der Waals surface area contributed by atoms with Crippen LogP contribution in [-0.2, 0) is 11.3 Å². The van der Waals surface area contributed by atoms with Gasteiger partial charge in [-0.05, 0) is 43.7 Å². The van der Waals surface area contributed by atoms with Crippen molar-refractivity contribution >= 4 is 32.9 Å². The van der Waals surface area contributed by atoms with Gasteiger partial charge in [-0.1, -0.05) is 40.2 Å². The van der Waals surface area contributed by atoms with Crippen LogP contribution in [0.25, 0.3) is 11.0 Å². The monoisotopic (exact) mass is 371 g/mol. The van der Waals surface area contributed by atoms with Crippen molar-refractivity contribution in [2.75, 3.05) is 0 Å². The van der Waals surface area contributed by atoms with Gasteiger partial charge in [0, 0.05) is 4.47 Å². The quantitative estimate of drug-likeness (QED) is 0.753. The molecule has 0 saturated heterocycles. The highest BCUT2D eigenvalue weighted by Gasteiger charge is 2.13. The highest BCUT2D eigenvalue weighted by atomic mass is 79.9. The van der Waals surface area contributed by atoms with Gasteiger partial charge in [-0.2, -0.15) is 0 Å². The van der Waals surface area contributed by atoms with Gasteiger partial charge in [-0.15, -0.1) is 0 Å². The summed E-state index contributed by atoms with van der Waals surface area (Å²) in [5, 5.41) is 3.04. The summed E-state index contributed by atoms with van der Waals surface area (Å²) in [7, 11) is 0. The van der Waals surface area contributed by atoms with E-state index in [0.717, 1.165) is 26.9 Å². The number of carbonyl (C=O) groups excluding carboxylic acids is 1. The molecule has 0 bridgehead atoms. The number of para-hydroxylation sites is 2. The molecule has 0 fully saturated rings. The SMILES string of the molecule is Cc1nc2ccccc2n1CC(=O)N[C@H](C)c1ccc(Br)cc1. The van der Waals surface area contributed by atoms with E-state index >= 15 is 0 Å². The Morgan fingerprint density at radius 1 is 1.22 bits per heavy atom. The average Bonchev–Trinajstić information content (AvgIpc) is 2.84. The Bertz CT molecular complexity index is 839. The Morgan fingerprint density at radius 3 is 2.65 bits per heavy atom. The van der Waals surface area contributed by atoms with Crippen LogP contribution in [0.4, 0.5) is 0 Å². The van der Waals surface area contributed by atoms with Crippen LogP contribution in [0.3, 0.4) is 0 Å². The first-order valence-corrected chi connectivity index (χ1v) is 8.30. The second-order valence-corrected chi connectivity index (χ2v) is 6.49. The molecule has 3 aromatic rings. The van der Waals surface area contributed by atoms with Crippen molar-refractivity contribution in [3.63, 3.8) is 0 Å². The van der Waals surface area contributed by atoms with Crippen molar-refractivity contribution < 1.29 is 4.79 Å². The van der Waals surface area contributed by atoms with Gasteiger partial charge in [-0.3, -0.25) is 4.79 Å². The maximum Gasteiger partial charge on any atom is 0.240 e. The summed E-state index contributed by atoms with van der Waals surface area (Å²) in [6.45, 7) is 4.18. The molecule has 3 rings (SSSR count). The van der Waals surface area contributed by atoms with Crippen molar-refractivity contribution in [3.05, 3.63) is 64.4 Å². The molecule has 1 heterocycles. The summed E-state index contributed by atoms with van der Waals surface area (Å²) in [4.78, 5) is 16.9. The number of fused-ring (bicyclic) bond motifs is 1. The molecule has 0 radical (unpaired) electrons. The normalized spacial score (nSPS) is 12.3. The number of nitrogens with one attached hydrogen (secondary N) is 1. The summed E-state index contributed by atoms with van der Waals surface area (Å²) in [6.07, 6.45) is 0. The van der Waals surface area contributed by atoms with Gasteiger partial charge in [0.05, 0.1) is 17.1 Å². The molecule has 0 aliphatic heterocycles. The molecule has 0 aliphatic rings. The van der Waals surface area contributed by atoms with Crippen LogP contribution in [0.5, 0.6) is 0 Å². The Morgan fingerprint density at radius 2 is 1.91 bits per heavy atom. The Kier molecular flexibility index (Phi) is 4.48. The fourth-order valence-corrected chi connectivity index (χ4v) is 2.93. The number of aryl methyl sites for hydroxylation is 1. The Labute approximate surface area is 143 Å². The molecule has 0 unspecified atom stereocenters. The zero-order valence-electron chi connectivity index (χ0n) is 13.1. The summed E-state index contributed by atoms with van der Waals surface area (Å²) in [5.74, 6) is 0.823. The average molecular weight is 372 g/mol. The number of benzene rings is 2. The largest absolute Gasteiger partial charge is 0.348 e. The van der Waals surface area contributed by atoms with E-state index in [1.165, 1.54) is 0 Å². The van der Waals surface area contributed by atoms with Crippen molar-refractivity contribution in [1.29, 1.82) is 0 Å². The highest BCUT2D eigenvalue weighted by molar-refractivity contribution is 9.10. The molecule has 23 heavy (non-hydrogen) atoms. The van der Waals surface area contributed by atoms with Gasteiger partial charge >= 0.3 is 0 Å². The van der Waals surface area contributed by atoms with Gasteiger partial charge in [0.1, 0.15) is 12.4 Å². The molecule has 1 amide bonds. The first-order valence-electron chi connectivity index (χ1n) is 7.51. The van der Waals surface area contributed by atoms with E-state index < -0.39 is 0 Å². The molecule has 0 spiro atoms. The van der Waals surface area contributed by atoms with E-state index in [1.54, 1.807) is 0 Å². The van der Waals surface area contributed by atoms with Crippen molar-refractivity contribution in [2.24, 2.45) is 0 Å². The van der Waals surface area contributed by atoms with E-state index in [-0.39, 0.29) is 18.5 Å². The second kappa shape index (κ2) is 6.54. The second-order valence-electron chi connectivity index (χ2n) is 5.57. The third-order valence-corrected chi connectivity index (χ3v) is 4.42. The summed E-state index contributed by atoms with van der Waals surface area (Å²) in [6, 6.07) is 15.8. The summed E-state index contributed by atoms with van der Waals surface area (Å²) >= 11 is 3.42. The van der Waals surface area contributed by atoms with Gasteiger partial charge in [0.2, 0.25) is 5.91 Å². The summed E-state index contributed by atoms with van der Waals surface area (Å²) < 4.78 is 2.97. The minimum absolute atomic E-state index is 0.0216. The molecular formula is C18H18BrN3O. The first kappa shape index (κ1) is 15.7. The van der Waals surface area contributed by atoms with Crippen LogP contribution in [0, 0.1) is 6.92 Å². The van der Waals surface area contributed by atoms with Gasteiger partial charge in [0.15, 0.2) is 0 Å². The molecule has 0 aliphatic carbocycles. The fraction of sp³-hybridized carbons (Fsp3) is 0.222. The number of aromatic nitrogens is 2. The lowest BCUT2D eigenvalue weighted by molar-refractivity contribution is -0.122. The number of nitrogens with zero attached hydrogens (tertiary/aromatic N) is 2. The van der Waals surface area contributed by atoms with Gasteiger partial charge in [0.25, 0.3) is 0 Å². The number of hydrogen-bond acceptors (Lipinski definition) is 2. The predicted octanol–water partition coefficient (Wildman–Crippen LogP) is 3.98.